The van der Waals surface area contributed by atoms with Crippen LogP contribution in [0.3, 0.4) is 0 Å². The molecular weight excluding hydrogens is 406 g/mol. The molecule has 0 spiro atoms. The van der Waals surface area contributed by atoms with Gasteiger partial charge in [-0.2, -0.15) is 10.1 Å². The first-order valence-corrected chi connectivity index (χ1v) is 9.71. The van der Waals surface area contributed by atoms with E-state index in [9.17, 15) is 4.79 Å². The largest absolute Gasteiger partial charge is 0.378 e. The normalized spacial score (nSPS) is 19.0. The van der Waals surface area contributed by atoms with Crippen molar-refractivity contribution in [1.82, 2.24) is 0 Å². The third-order valence-electron chi connectivity index (χ3n) is 4.71. The monoisotopic (exact) mass is 425 g/mol. The van der Waals surface area contributed by atoms with Crippen LogP contribution in [0.25, 0.3) is 6.08 Å². The van der Waals surface area contributed by atoms with Crippen molar-refractivity contribution in [3.05, 3.63) is 64.1 Å². The second-order valence-electron chi connectivity index (χ2n) is 6.53. The lowest BCUT2D eigenvalue weighted by Gasteiger charge is -2.28. The number of nitrogens with zero attached hydrogens (tertiary/aromatic N) is 3. The van der Waals surface area contributed by atoms with Gasteiger partial charge in [-0.25, -0.2) is 0 Å². The number of amides is 1. The zero-order valence-electron chi connectivity index (χ0n) is 15.1. The Morgan fingerprint density at radius 1 is 1.00 bits per heavy atom. The van der Waals surface area contributed by atoms with E-state index in [2.05, 4.69) is 38.1 Å². The van der Waals surface area contributed by atoms with Crippen molar-refractivity contribution in [2.75, 3.05) is 36.2 Å². The molecule has 2 aliphatic heterocycles. The zero-order chi connectivity index (χ0) is 18.8. The Hall–Kier alpha value is -2.44. The molecule has 6 heteroatoms. The van der Waals surface area contributed by atoms with E-state index in [0.717, 1.165) is 47.7 Å². The van der Waals surface area contributed by atoms with E-state index in [1.165, 1.54) is 10.7 Å². The van der Waals surface area contributed by atoms with Gasteiger partial charge in [0.05, 0.1) is 30.2 Å². The van der Waals surface area contributed by atoms with Crippen LogP contribution in [0, 0.1) is 0 Å². The Labute approximate surface area is 167 Å². The lowest BCUT2D eigenvalue weighted by Crippen LogP contribution is -2.36. The Morgan fingerprint density at radius 2 is 1.63 bits per heavy atom. The zero-order valence-corrected chi connectivity index (χ0v) is 16.6. The molecule has 2 aliphatic rings. The van der Waals surface area contributed by atoms with Crippen LogP contribution in [0.2, 0.25) is 0 Å². The third kappa shape index (κ3) is 3.82. The van der Waals surface area contributed by atoms with Gasteiger partial charge in [0, 0.05) is 23.2 Å². The Balaban J connectivity index is 1.54. The maximum atomic E-state index is 12.8. The number of ether oxygens (including phenoxy) is 1. The van der Waals surface area contributed by atoms with Gasteiger partial charge in [-0.05, 0) is 55.0 Å². The van der Waals surface area contributed by atoms with Gasteiger partial charge >= 0.3 is 0 Å². The Bertz CT molecular complexity index is 898. The van der Waals surface area contributed by atoms with Crippen LogP contribution in [0.15, 0.2) is 63.7 Å². The minimum Gasteiger partial charge on any atom is -0.378 e. The molecular formula is C21H20BrN3O2. The van der Waals surface area contributed by atoms with Crippen LogP contribution in [0.1, 0.15) is 12.5 Å². The van der Waals surface area contributed by atoms with Crippen molar-refractivity contribution < 1.29 is 9.53 Å². The fourth-order valence-electron chi connectivity index (χ4n) is 3.21. The fourth-order valence-corrected chi connectivity index (χ4v) is 3.48. The quantitative estimate of drug-likeness (QED) is 0.695. The van der Waals surface area contributed by atoms with Crippen molar-refractivity contribution in [2.24, 2.45) is 5.10 Å². The second kappa shape index (κ2) is 7.66. The third-order valence-corrected chi connectivity index (χ3v) is 5.24. The topological polar surface area (TPSA) is 45.1 Å². The molecule has 5 nitrogen and oxygen atoms in total. The average Bonchev–Trinajstić information content (AvgIpc) is 2.98. The van der Waals surface area contributed by atoms with Gasteiger partial charge in [-0.15, -0.1) is 0 Å². The summed E-state index contributed by atoms with van der Waals surface area (Å²) >= 11 is 3.41. The van der Waals surface area contributed by atoms with Gasteiger partial charge in [0.15, 0.2) is 0 Å². The highest BCUT2D eigenvalue weighted by Crippen LogP contribution is 2.26. The summed E-state index contributed by atoms with van der Waals surface area (Å²) < 4.78 is 6.37. The smallest absolute Gasteiger partial charge is 0.280 e. The summed E-state index contributed by atoms with van der Waals surface area (Å²) in [6.07, 6.45) is 1.91. The van der Waals surface area contributed by atoms with Crippen molar-refractivity contribution in [3.8, 4) is 0 Å². The van der Waals surface area contributed by atoms with Crippen molar-refractivity contribution in [2.45, 2.75) is 6.92 Å². The maximum Gasteiger partial charge on any atom is 0.280 e. The highest BCUT2D eigenvalue weighted by molar-refractivity contribution is 9.10. The first-order chi connectivity index (χ1) is 13.1. The summed E-state index contributed by atoms with van der Waals surface area (Å²) in [6, 6.07) is 15.8. The molecule has 138 valence electrons. The van der Waals surface area contributed by atoms with E-state index >= 15 is 0 Å². The van der Waals surface area contributed by atoms with Crippen LogP contribution < -0.4 is 9.91 Å². The predicted molar refractivity (Wildman–Crippen MR) is 112 cm³/mol. The molecule has 1 fully saturated rings. The SMILES string of the molecule is CC1=NN(c2ccc(Br)cc2)C(=O)/C1=C/c1ccc(N2CCOCC2)cc1. The van der Waals surface area contributed by atoms with Crippen LogP contribution >= 0.6 is 15.9 Å². The summed E-state index contributed by atoms with van der Waals surface area (Å²) in [5.74, 6) is -0.105. The molecule has 0 radical (unpaired) electrons. The predicted octanol–water partition coefficient (Wildman–Crippen LogP) is 4.09. The van der Waals surface area contributed by atoms with E-state index in [0.29, 0.717) is 5.57 Å². The molecule has 4 rings (SSSR count). The standard InChI is InChI=1S/C21H20BrN3O2/c1-15-20(21(26)25(23-15)19-8-4-17(22)5-9-19)14-16-2-6-18(7-3-16)24-10-12-27-13-11-24/h2-9,14H,10-13H2,1H3/b20-14+. The van der Waals surface area contributed by atoms with Gasteiger partial charge in [0.2, 0.25) is 0 Å². The highest BCUT2D eigenvalue weighted by atomic mass is 79.9. The van der Waals surface area contributed by atoms with Gasteiger partial charge in [-0.1, -0.05) is 28.1 Å². The van der Waals surface area contributed by atoms with E-state index in [1.807, 2.05) is 49.4 Å². The summed E-state index contributed by atoms with van der Waals surface area (Å²) in [6.45, 7) is 5.22. The molecule has 2 aromatic rings. The molecule has 1 amide bonds. The highest BCUT2D eigenvalue weighted by Gasteiger charge is 2.28. The molecule has 0 saturated carbocycles. The lowest BCUT2D eigenvalue weighted by molar-refractivity contribution is -0.114. The number of anilines is 2. The number of halogens is 1. The average molecular weight is 426 g/mol. The lowest BCUT2D eigenvalue weighted by atomic mass is 10.1. The minimum atomic E-state index is -0.105. The molecule has 2 aromatic carbocycles. The molecule has 27 heavy (non-hydrogen) atoms. The van der Waals surface area contributed by atoms with Gasteiger partial charge in [0.1, 0.15) is 0 Å². The minimum absolute atomic E-state index is 0.105. The summed E-state index contributed by atoms with van der Waals surface area (Å²) in [4.78, 5) is 15.1. The number of hydrazone groups is 1. The van der Waals surface area contributed by atoms with Crippen LogP contribution in [0.5, 0.6) is 0 Å². The number of hydrogen-bond acceptors (Lipinski definition) is 4. The van der Waals surface area contributed by atoms with Gasteiger partial charge in [-0.3, -0.25) is 4.79 Å². The summed E-state index contributed by atoms with van der Waals surface area (Å²) in [5.41, 5.74) is 4.27. The number of carbonyl (C=O) groups is 1. The summed E-state index contributed by atoms with van der Waals surface area (Å²) in [5, 5.41) is 5.89. The van der Waals surface area contributed by atoms with Gasteiger partial charge < -0.3 is 9.64 Å². The molecule has 0 aromatic heterocycles. The number of benzene rings is 2. The van der Waals surface area contributed by atoms with Crippen LogP contribution in [-0.4, -0.2) is 37.9 Å². The van der Waals surface area contributed by atoms with Crippen LogP contribution in [-0.2, 0) is 9.53 Å². The maximum absolute atomic E-state index is 12.8. The van der Waals surface area contributed by atoms with E-state index in [-0.39, 0.29) is 5.91 Å². The molecule has 1 saturated heterocycles. The molecule has 0 aliphatic carbocycles. The second-order valence-corrected chi connectivity index (χ2v) is 7.44. The van der Waals surface area contributed by atoms with Crippen molar-refractivity contribution in [1.29, 1.82) is 0 Å². The Kier molecular flexibility index (Phi) is 5.09. The van der Waals surface area contributed by atoms with E-state index < -0.39 is 0 Å². The number of morpholine rings is 1. The number of carbonyl (C=O) groups excluding carboxylic acids is 1. The molecule has 2 heterocycles. The van der Waals surface area contributed by atoms with Crippen molar-refractivity contribution >= 4 is 45.0 Å². The number of hydrogen-bond donors (Lipinski definition) is 0. The molecule has 0 bridgehead atoms. The molecule has 0 N–H and O–H groups in total. The fraction of sp³-hybridized carbons (Fsp3) is 0.238. The molecule has 0 atom stereocenters. The van der Waals surface area contributed by atoms with E-state index in [4.69, 9.17) is 4.74 Å². The first kappa shape index (κ1) is 17.9. The Morgan fingerprint density at radius 3 is 2.30 bits per heavy atom. The first-order valence-electron chi connectivity index (χ1n) is 8.92. The van der Waals surface area contributed by atoms with Crippen molar-refractivity contribution in [3.63, 3.8) is 0 Å². The molecule has 0 unspecified atom stereocenters. The van der Waals surface area contributed by atoms with E-state index in [1.54, 1.807) is 0 Å². The van der Waals surface area contributed by atoms with Gasteiger partial charge in [0.25, 0.3) is 5.91 Å². The van der Waals surface area contributed by atoms with Crippen LogP contribution in [0.4, 0.5) is 11.4 Å². The summed E-state index contributed by atoms with van der Waals surface area (Å²) in [7, 11) is 0. The number of rotatable bonds is 3.